The summed E-state index contributed by atoms with van der Waals surface area (Å²) in [6.07, 6.45) is -4.92. The Hall–Kier alpha value is -2.51. The van der Waals surface area contributed by atoms with Crippen molar-refractivity contribution in [1.29, 1.82) is 0 Å². The monoisotopic (exact) mass is 315 g/mol. The SMILES string of the molecule is CCOC(=O)c1cc(=O)c2cc(C)cc(OC(F)(F)F)c2[nH]1. The third-order valence-corrected chi connectivity index (χ3v) is 2.77. The van der Waals surface area contributed by atoms with E-state index >= 15 is 0 Å². The standard InChI is InChI=1S/C14H12F3NO4/c1-3-21-13(20)9-6-10(19)8-4-7(2)5-11(12(8)18-9)22-14(15,16)17/h4-6H,3H2,1-2H3,(H,18,19). The number of alkyl halides is 3. The van der Waals surface area contributed by atoms with E-state index in [-0.39, 0.29) is 23.2 Å². The molecule has 2 rings (SSSR count). The summed E-state index contributed by atoms with van der Waals surface area (Å²) in [5.41, 5.74) is -0.637. The molecular weight excluding hydrogens is 303 g/mol. The van der Waals surface area contributed by atoms with Crippen LogP contribution in [-0.2, 0) is 4.74 Å². The van der Waals surface area contributed by atoms with Gasteiger partial charge in [0, 0.05) is 11.5 Å². The second-order valence-electron chi connectivity index (χ2n) is 4.50. The van der Waals surface area contributed by atoms with Crippen molar-refractivity contribution in [3.63, 3.8) is 0 Å². The molecule has 0 fully saturated rings. The van der Waals surface area contributed by atoms with Crippen molar-refractivity contribution in [3.05, 3.63) is 39.7 Å². The predicted octanol–water partition coefficient (Wildman–Crippen LogP) is 2.91. The molecule has 0 radical (unpaired) electrons. The van der Waals surface area contributed by atoms with E-state index in [9.17, 15) is 22.8 Å². The van der Waals surface area contributed by atoms with Gasteiger partial charge in [0.15, 0.2) is 11.2 Å². The maximum Gasteiger partial charge on any atom is 0.573 e. The molecule has 0 saturated heterocycles. The zero-order valence-corrected chi connectivity index (χ0v) is 11.7. The molecule has 8 heteroatoms. The van der Waals surface area contributed by atoms with Gasteiger partial charge in [-0.05, 0) is 31.5 Å². The minimum absolute atomic E-state index is 0.00713. The first-order valence-electron chi connectivity index (χ1n) is 6.32. The summed E-state index contributed by atoms with van der Waals surface area (Å²) in [4.78, 5) is 26.1. The van der Waals surface area contributed by atoms with Crippen LogP contribution in [0.25, 0.3) is 10.9 Å². The van der Waals surface area contributed by atoms with E-state index in [1.165, 1.54) is 13.0 Å². The summed E-state index contributed by atoms with van der Waals surface area (Å²) in [5, 5.41) is -0.00713. The summed E-state index contributed by atoms with van der Waals surface area (Å²) < 4.78 is 46.1. The molecule has 5 nitrogen and oxygen atoms in total. The number of halogens is 3. The van der Waals surface area contributed by atoms with Gasteiger partial charge in [0.2, 0.25) is 0 Å². The second-order valence-corrected chi connectivity index (χ2v) is 4.50. The number of aryl methyl sites for hydroxylation is 1. The van der Waals surface area contributed by atoms with E-state index in [1.807, 2.05) is 0 Å². The summed E-state index contributed by atoms with van der Waals surface area (Å²) >= 11 is 0. The third kappa shape index (κ3) is 3.38. The molecule has 0 amide bonds. The Balaban J connectivity index is 2.69. The first-order valence-corrected chi connectivity index (χ1v) is 6.32. The number of carbonyl (C=O) groups excluding carboxylic acids is 1. The lowest BCUT2D eigenvalue weighted by Gasteiger charge is -2.13. The Kier molecular flexibility index (Phi) is 4.11. The zero-order chi connectivity index (χ0) is 16.5. The van der Waals surface area contributed by atoms with Crippen molar-refractivity contribution < 1.29 is 27.4 Å². The van der Waals surface area contributed by atoms with Crippen molar-refractivity contribution in [2.45, 2.75) is 20.2 Å². The van der Waals surface area contributed by atoms with Gasteiger partial charge in [-0.2, -0.15) is 0 Å². The van der Waals surface area contributed by atoms with Crippen LogP contribution in [-0.4, -0.2) is 23.9 Å². The zero-order valence-electron chi connectivity index (χ0n) is 11.7. The first kappa shape index (κ1) is 15.9. The molecule has 0 spiro atoms. The van der Waals surface area contributed by atoms with Gasteiger partial charge in [-0.1, -0.05) is 0 Å². The van der Waals surface area contributed by atoms with Crippen molar-refractivity contribution in [2.75, 3.05) is 6.61 Å². The number of benzene rings is 1. The molecule has 1 aromatic carbocycles. The van der Waals surface area contributed by atoms with Crippen LogP contribution in [0.4, 0.5) is 13.2 Å². The van der Waals surface area contributed by atoms with Gasteiger partial charge in [0.1, 0.15) is 5.69 Å². The first-order chi connectivity index (χ1) is 10.2. The molecular formula is C14H12F3NO4. The predicted molar refractivity (Wildman–Crippen MR) is 71.9 cm³/mol. The van der Waals surface area contributed by atoms with Crippen molar-refractivity contribution in [1.82, 2.24) is 4.98 Å². The molecule has 0 atom stereocenters. The van der Waals surface area contributed by atoms with Gasteiger partial charge in [0.25, 0.3) is 0 Å². The molecule has 0 aliphatic rings. The average Bonchev–Trinajstić information content (AvgIpc) is 2.38. The Bertz CT molecular complexity index is 780. The van der Waals surface area contributed by atoms with Crippen LogP contribution in [0.1, 0.15) is 23.0 Å². The van der Waals surface area contributed by atoms with Crippen LogP contribution in [0.3, 0.4) is 0 Å². The molecule has 1 N–H and O–H groups in total. The number of fused-ring (bicyclic) bond motifs is 1. The van der Waals surface area contributed by atoms with Gasteiger partial charge >= 0.3 is 12.3 Å². The number of nitrogens with one attached hydrogen (secondary N) is 1. The minimum atomic E-state index is -4.92. The molecule has 118 valence electrons. The topological polar surface area (TPSA) is 68.4 Å². The quantitative estimate of drug-likeness (QED) is 0.884. The van der Waals surface area contributed by atoms with Crippen molar-refractivity contribution >= 4 is 16.9 Å². The van der Waals surface area contributed by atoms with E-state index in [2.05, 4.69) is 9.72 Å². The fourth-order valence-electron chi connectivity index (χ4n) is 1.98. The Morgan fingerprint density at radius 1 is 1.27 bits per heavy atom. The molecule has 0 saturated carbocycles. The van der Waals surface area contributed by atoms with E-state index < -0.39 is 23.5 Å². The number of hydrogen-bond acceptors (Lipinski definition) is 4. The summed E-state index contributed by atoms with van der Waals surface area (Å²) in [7, 11) is 0. The van der Waals surface area contributed by atoms with Crippen LogP contribution in [0, 0.1) is 6.92 Å². The molecule has 0 aliphatic heterocycles. The fraction of sp³-hybridized carbons (Fsp3) is 0.286. The third-order valence-electron chi connectivity index (χ3n) is 2.77. The molecule has 0 aliphatic carbocycles. The van der Waals surface area contributed by atoms with E-state index in [0.29, 0.717) is 5.56 Å². The highest BCUT2D eigenvalue weighted by atomic mass is 19.4. The number of pyridine rings is 1. The minimum Gasteiger partial charge on any atom is -0.461 e. The molecule has 1 heterocycles. The normalized spacial score (nSPS) is 11.5. The maximum atomic E-state index is 12.5. The maximum absolute atomic E-state index is 12.5. The van der Waals surface area contributed by atoms with Crippen LogP contribution in [0.15, 0.2) is 23.0 Å². The highest BCUT2D eigenvalue weighted by Crippen LogP contribution is 2.29. The van der Waals surface area contributed by atoms with Crippen LogP contribution in [0.5, 0.6) is 5.75 Å². The molecule has 0 unspecified atom stereocenters. The van der Waals surface area contributed by atoms with Crippen molar-refractivity contribution in [3.8, 4) is 5.75 Å². The average molecular weight is 315 g/mol. The largest absolute Gasteiger partial charge is 0.573 e. The smallest absolute Gasteiger partial charge is 0.461 e. The highest BCUT2D eigenvalue weighted by molar-refractivity contribution is 5.93. The van der Waals surface area contributed by atoms with Gasteiger partial charge in [0.05, 0.1) is 12.1 Å². The highest BCUT2D eigenvalue weighted by Gasteiger charge is 2.32. The number of hydrogen-bond donors (Lipinski definition) is 1. The van der Waals surface area contributed by atoms with Crippen LogP contribution >= 0.6 is 0 Å². The lowest BCUT2D eigenvalue weighted by molar-refractivity contribution is -0.274. The van der Waals surface area contributed by atoms with Crippen LogP contribution in [0.2, 0.25) is 0 Å². The van der Waals surface area contributed by atoms with E-state index in [4.69, 9.17) is 4.74 Å². The number of aromatic nitrogens is 1. The summed E-state index contributed by atoms with van der Waals surface area (Å²) in [6, 6.07) is 3.52. The lowest BCUT2D eigenvalue weighted by atomic mass is 10.1. The van der Waals surface area contributed by atoms with Gasteiger partial charge in [-0.15, -0.1) is 13.2 Å². The van der Waals surface area contributed by atoms with Crippen LogP contribution < -0.4 is 10.2 Å². The molecule has 1 aromatic heterocycles. The second kappa shape index (κ2) is 5.70. The Labute approximate surface area is 122 Å². The van der Waals surface area contributed by atoms with E-state index in [0.717, 1.165) is 12.1 Å². The van der Waals surface area contributed by atoms with Crippen molar-refractivity contribution in [2.24, 2.45) is 0 Å². The number of aromatic amines is 1. The van der Waals surface area contributed by atoms with E-state index in [1.54, 1.807) is 6.92 Å². The van der Waals surface area contributed by atoms with Gasteiger partial charge in [-0.3, -0.25) is 4.79 Å². The Morgan fingerprint density at radius 2 is 1.95 bits per heavy atom. The number of ether oxygens (including phenoxy) is 2. The number of rotatable bonds is 3. The number of H-pyrrole nitrogens is 1. The lowest BCUT2D eigenvalue weighted by Crippen LogP contribution is -2.19. The summed E-state index contributed by atoms with van der Waals surface area (Å²) in [6.45, 7) is 3.17. The molecule has 22 heavy (non-hydrogen) atoms. The van der Waals surface area contributed by atoms with Gasteiger partial charge < -0.3 is 14.5 Å². The Morgan fingerprint density at radius 3 is 2.55 bits per heavy atom. The van der Waals surface area contributed by atoms with Gasteiger partial charge in [-0.25, -0.2) is 4.79 Å². The summed E-state index contributed by atoms with van der Waals surface area (Å²) in [5.74, 6) is -1.41. The number of carbonyl (C=O) groups is 1. The fourth-order valence-corrected chi connectivity index (χ4v) is 1.98. The number of esters is 1. The molecule has 2 aromatic rings. The molecule has 0 bridgehead atoms.